The summed E-state index contributed by atoms with van der Waals surface area (Å²) in [6, 6.07) is 0.256. The van der Waals surface area contributed by atoms with E-state index in [4.69, 9.17) is 4.74 Å². The standard InChI is InChI=1S/C12H24N2O2/c1-8(2)13-12(15)10(4)14-9(3)11-6-5-7-16-11/h8-11,14H,5-7H2,1-4H3,(H,13,15). The molecular weight excluding hydrogens is 204 g/mol. The second kappa shape index (κ2) is 6.21. The maximum absolute atomic E-state index is 11.7. The molecule has 0 aromatic heterocycles. The van der Waals surface area contributed by atoms with E-state index in [2.05, 4.69) is 17.6 Å². The van der Waals surface area contributed by atoms with Crippen molar-refractivity contribution in [2.45, 2.75) is 64.8 Å². The molecule has 1 fully saturated rings. The number of hydrogen-bond acceptors (Lipinski definition) is 3. The van der Waals surface area contributed by atoms with Crippen molar-refractivity contribution in [2.24, 2.45) is 0 Å². The largest absolute Gasteiger partial charge is 0.377 e. The highest BCUT2D eigenvalue weighted by molar-refractivity contribution is 5.81. The highest BCUT2D eigenvalue weighted by Crippen LogP contribution is 2.15. The fourth-order valence-electron chi connectivity index (χ4n) is 1.98. The minimum atomic E-state index is -0.165. The Bertz CT molecular complexity index is 225. The molecule has 0 spiro atoms. The zero-order chi connectivity index (χ0) is 12.1. The number of nitrogens with one attached hydrogen (secondary N) is 2. The topological polar surface area (TPSA) is 50.4 Å². The molecule has 1 aliphatic heterocycles. The van der Waals surface area contributed by atoms with Crippen LogP contribution in [0.5, 0.6) is 0 Å². The van der Waals surface area contributed by atoms with Crippen molar-refractivity contribution in [3.8, 4) is 0 Å². The van der Waals surface area contributed by atoms with Gasteiger partial charge in [-0.1, -0.05) is 0 Å². The summed E-state index contributed by atoms with van der Waals surface area (Å²) in [6.07, 6.45) is 2.48. The number of ether oxygens (including phenoxy) is 1. The van der Waals surface area contributed by atoms with Crippen LogP contribution in [0.2, 0.25) is 0 Å². The molecule has 4 nitrogen and oxygen atoms in total. The molecule has 1 amide bonds. The molecule has 3 atom stereocenters. The molecule has 0 aliphatic carbocycles. The van der Waals surface area contributed by atoms with Crippen molar-refractivity contribution < 1.29 is 9.53 Å². The SMILES string of the molecule is CC(C)NC(=O)C(C)NC(C)C1CCCO1. The Morgan fingerprint density at radius 2 is 2.00 bits per heavy atom. The van der Waals surface area contributed by atoms with Crippen LogP contribution in [0.3, 0.4) is 0 Å². The highest BCUT2D eigenvalue weighted by atomic mass is 16.5. The average Bonchev–Trinajstić information content (AvgIpc) is 2.68. The minimum absolute atomic E-state index is 0.0554. The van der Waals surface area contributed by atoms with Gasteiger partial charge in [0, 0.05) is 18.7 Å². The van der Waals surface area contributed by atoms with Crippen molar-refractivity contribution in [2.75, 3.05) is 6.61 Å². The van der Waals surface area contributed by atoms with Gasteiger partial charge in [-0.3, -0.25) is 4.79 Å². The van der Waals surface area contributed by atoms with Crippen LogP contribution >= 0.6 is 0 Å². The van der Waals surface area contributed by atoms with E-state index in [0.717, 1.165) is 19.4 Å². The van der Waals surface area contributed by atoms with Gasteiger partial charge in [-0.25, -0.2) is 0 Å². The van der Waals surface area contributed by atoms with Crippen LogP contribution in [-0.4, -0.2) is 36.7 Å². The predicted molar refractivity (Wildman–Crippen MR) is 64.3 cm³/mol. The highest BCUT2D eigenvalue weighted by Gasteiger charge is 2.25. The molecule has 16 heavy (non-hydrogen) atoms. The van der Waals surface area contributed by atoms with Gasteiger partial charge in [0.05, 0.1) is 12.1 Å². The van der Waals surface area contributed by atoms with Gasteiger partial charge in [-0.2, -0.15) is 0 Å². The van der Waals surface area contributed by atoms with E-state index < -0.39 is 0 Å². The Kier molecular flexibility index (Phi) is 5.22. The fraction of sp³-hybridized carbons (Fsp3) is 0.917. The molecule has 0 bridgehead atoms. The van der Waals surface area contributed by atoms with E-state index in [-0.39, 0.29) is 30.1 Å². The zero-order valence-electron chi connectivity index (χ0n) is 10.7. The van der Waals surface area contributed by atoms with Gasteiger partial charge < -0.3 is 15.4 Å². The number of amides is 1. The lowest BCUT2D eigenvalue weighted by molar-refractivity contribution is -0.123. The molecule has 0 aromatic carbocycles. The molecule has 0 radical (unpaired) electrons. The monoisotopic (exact) mass is 228 g/mol. The lowest BCUT2D eigenvalue weighted by Gasteiger charge is -2.24. The average molecular weight is 228 g/mol. The zero-order valence-corrected chi connectivity index (χ0v) is 10.7. The Labute approximate surface area is 98.1 Å². The summed E-state index contributed by atoms with van der Waals surface area (Å²) >= 11 is 0. The van der Waals surface area contributed by atoms with Gasteiger partial charge >= 0.3 is 0 Å². The Balaban J connectivity index is 2.31. The lowest BCUT2D eigenvalue weighted by Crippen LogP contribution is -2.50. The molecule has 1 saturated heterocycles. The third-order valence-electron chi connectivity index (χ3n) is 2.86. The van der Waals surface area contributed by atoms with Crippen molar-refractivity contribution in [3.63, 3.8) is 0 Å². The normalized spacial score (nSPS) is 24.4. The minimum Gasteiger partial charge on any atom is -0.377 e. The summed E-state index contributed by atoms with van der Waals surface area (Å²) in [5.41, 5.74) is 0. The van der Waals surface area contributed by atoms with Gasteiger partial charge in [0.2, 0.25) is 5.91 Å². The number of hydrogen-bond donors (Lipinski definition) is 2. The molecule has 3 unspecified atom stereocenters. The van der Waals surface area contributed by atoms with Gasteiger partial charge in [0.1, 0.15) is 0 Å². The molecule has 0 saturated carbocycles. The Morgan fingerprint density at radius 1 is 1.31 bits per heavy atom. The molecule has 94 valence electrons. The molecule has 2 N–H and O–H groups in total. The van der Waals surface area contributed by atoms with E-state index in [9.17, 15) is 4.79 Å². The maximum atomic E-state index is 11.7. The van der Waals surface area contributed by atoms with Gasteiger partial charge in [0.25, 0.3) is 0 Å². The van der Waals surface area contributed by atoms with E-state index in [1.54, 1.807) is 0 Å². The van der Waals surface area contributed by atoms with Crippen molar-refractivity contribution >= 4 is 5.91 Å². The summed E-state index contributed by atoms with van der Waals surface area (Å²) in [5.74, 6) is 0.0554. The smallest absolute Gasteiger partial charge is 0.237 e. The van der Waals surface area contributed by atoms with Crippen LogP contribution in [0, 0.1) is 0 Å². The third-order valence-corrected chi connectivity index (χ3v) is 2.86. The molecular formula is C12H24N2O2. The van der Waals surface area contributed by atoms with Crippen molar-refractivity contribution in [1.29, 1.82) is 0 Å². The van der Waals surface area contributed by atoms with Crippen molar-refractivity contribution in [1.82, 2.24) is 10.6 Å². The van der Waals surface area contributed by atoms with Crippen LogP contribution in [-0.2, 0) is 9.53 Å². The quantitative estimate of drug-likeness (QED) is 0.739. The molecule has 1 aliphatic rings. The predicted octanol–water partition coefficient (Wildman–Crippen LogP) is 1.06. The maximum Gasteiger partial charge on any atom is 0.237 e. The Hall–Kier alpha value is -0.610. The number of carbonyl (C=O) groups is 1. The fourth-order valence-corrected chi connectivity index (χ4v) is 1.98. The van der Waals surface area contributed by atoms with Gasteiger partial charge in [-0.15, -0.1) is 0 Å². The van der Waals surface area contributed by atoms with E-state index in [1.807, 2.05) is 20.8 Å². The first-order valence-electron chi connectivity index (χ1n) is 6.18. The number of carbonyl (C=O) groups excluding carboxylic acids is 1. The summed E-state index contributed by atoms with van der Waals surface area (Å²) in [5, 5.41) is 6.19. The van der Waals surface area contributed by atoms with E-state index >= 15 is 0 Å². The van der Waals surface area contributed by atoms with Crippen LogP contribution < -0.4 is 10.6 Å². The second-order valence-electron chi connectivity index (χ2n) is 4.89. The third kappa shape index (κ3) is 4.10. The number of rotatable bonds is 5. The van der Waals surface area contributed by atoms with Gasteiger partial charge in [0.15, 0.2) is 0 Å². The molecule has 4 heteroatoms. The summed E-state index contributed by atoms with van der Waals surface area (Å²) in [6.45, 7) is 8.75. The summed E-state index contributed by atoms with van der Waals surface area (Å²) in [7, 11) is 0. The van der Waals surface area contributed by atoms with Crippen molar-refractivity contribution in [3.05, 3.63) is 0 Å². The first kappa shape index (κ1) is 13.5. The first-order valence-corrected chi connectivity index (χ1v) is 6.18. The molecule has 0 aromatic rings. The first-order chi connectivity index (χ1) is 7.50. The van der Waals surface area contributed by atoms with E-state index in [1.165, 1.54) is 0 Å². The van der Waals surface area contributed by atoms with Crippen LogP contribution in [0.15, 0.2) is 0 Å². The lowest BCUT2D eigenvalue weighted by atomic mass is 10.1. The van der Waals surface area contributed by atoms with Crippen LogP contribution in [0.1, 0.15) is 40.5 Å². The molecule has 1 rings (SSSR count). The summed E-state index contributed by atoms with van der Waals surface area (Å²) in [4.78, 5) is 11.7. The van der Waals surface area contributed by atoms with Crippen LogP contribution in [0.4, 0.5) is 0 Å². The second-order valence-corrected chi connectivity index (χ2v) is 4.89. The van der Waals surface area contributed by atoms with E-state index in [0.29, 0.717) is 0 Å². The molecule has 1 heterocycles. The Morgan fingerprint density at radius 3 is 2.50 bits per heavy atom. The van der Waals surface area contributed by atoms with Gasteiger partial charge in [-0.05, 0) is 40.5 Å². The summed E-state index contributed by atoms with van der Waals surface area (Å²) < 4.78 is 5.58. The van der Waals surface area contributed by atoms with Crippen LogP contribution in [0.25, 0.3) is 0 Å².